The fourth-order valence-electron chi connectivity index (χ4n) is 3.58. The lowest BCUT2D eigenvalue weighted by atomic mass is 10.1. The number of nitrogens with zero attached hydrogens (tertiary/aromatic N) is 1. The monoisotopic (exact) mass is 512 g/mol. The summed E-state index contributed by atoms with van der Waals surface area (Å²) >= 11 is 1.43. The van der Waals surface area contributed by atoms with Crippen molar-refractivity contribution >= 4 is 41.4 Å². The first-order chi connectivity index (χ1) is 16.7. The van der Waals surface area contributed by atoms with Crippen LogP contribution in [0, 0.1) is 0 Å². The number of rotatable bonds is 15. The number of H-pyrrole nitrogens is 1. The summed E-state index contributed by atoms with van der Waals surface area (Å²) in [6.07, 6.45) is 5.70. The number of carbonyl (C=O) groups is 5. The molecule has 1 saturated heterocycles. The lowest BCUT2D eigenvalue weighted by molar-refractivity contribution is -0.142. The number of hydrogen-bond acceptors (Lipinski definition) is 8. The number of thioether (sulfide) groups is 1. The maximum absolute atomic E-state index is 13.1. The maximum atomic E-state index is 13.1. The molecule has 1 fully saturated rings. The molecule has 1 aliphatic rings. The molecule has 1 aromatic rings. The van der Waals surface area contributed by atoms with Crippen LogP contribution in [0.1, 0.15) is 37.8 Å². The Labute approximate surface area is 206 Å². The second kappa shape index (κ2) is 14.3. The van der Waals surface area contributed by atoms with Gasteiger partial charge in [-0.15, -0.1) is 0 Å². The van der Waals surface area contributed by atoms with Crippen LogP contribution in [0.2, 0.25) is 0 Å². The fraction of sp³-hybridized carbons (Fsp3) is 0.619. The van der Waals surface area contributed by atoms with Crippen molar-refractivity contribution in [1.29, 1.82) is 0 Å². The van der Waals surface area contributed by atoms with Gasteiger partial charge in [-0.3, -0.25) is 19.2 Å². The van der Waals surface area contributed by atoms with E-state index in [9.17, 15) is 29.1 Å². The Kier molecular flexibility index (Phi) is 11.5. The number of aromatic nitrogens is 2. The molecule has 13 nitrogen and oxygen atoms in total. The van der Waals surface area contributed by atoms with Crippen LogP contribution < -0.4 is 21.3 Å². The molecule has 7 N–H and O–H groups in total. The molecule has 0 aliphatic carbocycles. The minimum Gasteiger partial charge on any atom is -0.481 e. The zero-order valence-electron chi connectivity index (χ0n) is 19.4. The zero-order chi connectivity index (χ0) is 25.8. The molecule has 3 amide bonds. The summed E-state index contributed by atoms with van der Waals surface area (Å²) in [5.41, 5.74) is 0.516. The lowest BCUT2D eigenvalue weighted by Crippen LogP contribution is -2.57. The maximum Gasteiger partial charge on any atom is 0.326 e. The first-order valence-electron chi connectivity index (χ1n) is 11.3. The van der Waals surface area contributed by atoms with Crippen molar-refractivity contribution in [2.24, 2.45) is 0 Å². The standard InChI is InChI=1S/C21H32N6O7S/c1-35-8-6-15(21(33)34)26-20(32)16(9-12-10-22-11-24-12)27-19(31)14(4-5-17(28)29)25-18(30)13-3-2-7-23-13/h10-11,13-16,23H,2-9H2,1H3,(H,22,24)(H,25,30)(H,26,32)(H,27,31)(H,28,29)(H,33,34). The third-order valence-corrected chi connectivity index (χ3v) is 6.14. The van der Waals surface area contributed by atoms with Crippen molar-refractivity contribution in [3.05, 3.63) is 18.2 Å². The van der Waals surface area contributed by atoms with E-state index in [4.69, 9.17) is 5.11 Å². The number of imidazole rings is 1. The third kappa shape index (κ3) is 9.56. The number of amides is 3. The van der Waals surface area contributed by atoms with E-state index in [2.05, 4.69) is 31.2 Å². The van der Waals surface area contributed by atoms with Crippen LogP contribution in [-0.4, -0.2) is 92.6 Å². The summed E-state index contributed by atoms with van der Waals surface area (Å²) in [6.45, 7) is 0.664. The first-order valence-corrected chi connectivity index (χ1v) is 12.7. The molecule has 2 rings (SSSR count). The number of aromatic amines is 1. The Morgan fingerprint density at radius 1 is 1.09 bits per heavy atom. The normalized spacial score (nSPS) is 17.7. The van der Waals surface area contributed by atoms with Crippen LogP contribution in [0.5, 0.6) is 0 Å². The number of aliphatic carboxylic acids is 2. The largest absolute Gasteiger partial charge is 0.481 e. The summed E-state index contributed by atoms with van der Waals surface area (Å²) in [5.74, 6) is -3.72. The minimum atomic E-state index is -1.20. The quantitative estimate of drug-likeness (QED) is 0.150. The third-order valence-electron chi connectivity index (χ3n) is 5.49. The molecule has 4 atom stereocenters. The topological polar surface area (TPSA) is 203 Å². The van der Waals surface area contributed by atoms with E-state index in [0.29, 0.717) is 24.4 Å². The predicted molar refractivity (Wildman–Crippen MR) is 127 cm³/mol. The number of carbonyl (C=O) groups excluding carboxylic acids is 3. The number of hydrogen-bond donors (Lipinski definition) is 7. The van der Waals surface area contributed by atoms with Gasteiger partial charge in [0.25, 0.3) is 0 Å². The van der Waals surface area contributed by atoms with Crippen LogP contribution in [0.3, 0.4) is 0 Å². The molecule has 35 heavy (non-hydrogen) atoms. The molecule has 4 unspecified atom stereocenters. The van der Waals surface area contributed by atoms with E-state index in [0.717, 1.165) is 6.42 Å². The van der Waals surface area contributed by atoms with Gasteiger partial charge < -0.3 is 36.5 Å². The average Bonchev–Trinajstić information content (AvgIpc) is 3.52. The van der Waals surface area contributed by atoms with E-state index in [1.165, 1.54) is 24.3 Å². The molecular weight excluding hydrogens is 480 g/mol. The summed E-state index contributed by atoms with van der Waals surface area (Å²) in [6, 6.07) is -4.00. The van der Waals surface area contributed by atoms with Gasteiger partial charge >= 0.3 is 11.9 Å². The molecule has 0 radical (unpaired) electrons. The van der Waals surface area contributed by atoms with Gasteiger partial charge in [0, 0.05) is 24.7 Å². The van der Waals surface area contributed by atoms with Crippen LogP contribution in [0.4, 0.5) is 0 Å². The molecule has 0 saturated carbocycles. The van der Waals surface area contributed by atoms with Gasteiger partial charge in [-0.1, -0.05) is 0 Å². The predicted octanol–water partition coefficient (Wildman–Crippen LogP) is -1.14. The highest BCUT2D eigenvalue weighted by molar-refractivity contribution is 7.98. The van der Waals surface area contributed by atoms with Crippen LogP contribution >= 0.6 is 11.8 Å². The Hall–Kier alpha value is -3.13. The highest BCUT2D eigenvalue weighted by atomic mass is 32.2. The van der Waals surface area contributed by atoms with Crippen LogP contribution in [0.15, 0.2) is 12.5 Å². The Morgan fingerprint density at radius 3 is 2.37 bits per heavy atom. The first kappa shape index (κ1) is 28.1. The van der Waals surface area contributed by atoms with Gasteiger partial charge in [-0.05, 0) is 44.2 Å². The molecule has 14 heteroatoms. The van der Waals surface area contributed by atoms with E-state index in [-0.39, 0.29) is 25.7 Å². The number of nitrogens with one attached hydrogen (secondary N) is 5. The van der Waals surface area contributed by atoms with Crippen molar-refractivity contribution in [1.82, 2.24) is 31.2 Å². The number of carboxylic acids is 2. The van der Waals surface area contributed by atoms with Crippen LogP contribution in [-0.2, 0) is 30.4 Å². The van der Waals surface area contributed by atoms with E-state index in [1.807, 2.05) is 6.26 Å². The summed E-state index contributed by atoms with van der Waals surface area (Å²) in [4.78, 5) is 68.0. The summed E-state index contributed by atoms with van der Waals surface area (Å²) < 4.78 is 0. The fourth-order valence-corrected chi connectivity index (χ4v) is 4.05. The SMILES string of the molecule is CSCCC(NC(=O)C(Cc1cnc[nH]1)NC(=O)C(CCC(=O)O)NC(=O)C1CCCN1)C(=O)O. The van der Waals surface area contributed by atoms with E-state index in [1.54, 1.807) is 0 Å². The highest BCUT2D eigenvalue weighted by Crippen LogP contribution is 2.08. The van der Waals surface area contributed by atoms with E-state index >= 15 is 0 Å². The number of carboxylic acid groups (broad SMARTS) is 2. The van der Waals surface area contributed by atoms with Crippen LogP contribution in [0.25, 0.3) is 0 Å². The van der Waals surface area contributed by atoms with Gasteiger partial charge in [-0.2, -0.15) is 11.8 Å². The van der Waals surface area contributed by atoms with Gasteiger partial charge in [0.1, 0.15) is 18.1 Å². The van der Waals surface area contributed by atoms with Gasteiger partial charge in [0.05, 0.1) is 12.4 Å². The molecular formula is C21H32N6O7S. The van der Waals surface area contributed by atoms with Crippen molar-refractivity contribution in [2.75, 3.05) is 18.6 Å². The Balaban J connectivity index is 2.15. The van der Waals surface area contributed by atoms with Crippen molar-refractivity contribution in [2.45, 2.75) is 62.7 Å². The minimum absolute atomic E-state index is 0.0176. The molecule has 1 aromatic heterocycles. The van der Waals surface area contributed by atoms with Gasteiger partial charge in [0.15, 0.2) is 0 Å². The average molecular weight is 513 g/mol. The lowest BCUT2D eigenvalue weighted by Gasteiger charge is -2.25. The molecule has 1 aliphatic heterocycles. The highest BCUT2D eigenvalue weighted by Gasteiger charge is 2.32. The summed E-state index contributed by atoms with van der Waals surface area (Å²) in [5, 5.41) is 29.1. The Morgan fingerprint density at radius 2 is 1.80 bits per heavy atom. The molecule has 0 bridgehead atoms. The van der Waals surface area contributed by atoms with Gasteiger partial charge in [-0.25, -0.2) is 9.78 Å². The van der Waals surface area contributed by atoms with E-state index < -0.39 is 53.8 Å². The van der Waals surface area contributed by atoms with Gasteiger partial charge in [0.2, 0.25) is 17.7 Å². The van der Waals surface area contributed by atoms with Crippen molar-refractivity contribution in [3.63, 3.8) is 0 Å². The molecule has 194 valence electrons. The van der Waals surface area contributed by atoms with Crippen molar-refractivity contribution in [3.8, 4) is 0 Å². The molecule has 2 heterocycles. The zero-order valence-corrected chi connectivity index (χ0v) is 20.2. The van der Waals surface area contributed by atoms with Crippen molar-refractivity contribution < 1.29 is 34.2 Å². The second-order valence-corrected chi connectivity index (χ2v) is 9.15. The second-order valence-electron chi connectivity index (χ2n) is 8.17. The molecule has 0 aromatic carbocycles. The Bertz CT molecular complexity index is 876. The smallest absolute Gasteiger partial charge is 0.326 e. The summed E-state index contributed by atoms with van der Waals surface area (Å²) in [7, 11) is 0. The molecule has 0 spiro atoms.